The molecule has 2 heterocycles. The maximum absolute atomic E-state index is 11.1. The van der Waals surface area contributed by atoms with Gasteiger partial charge in [0, 0.05) is 6.07 Å². The van der Waals surface area contributed by atoms with Crippen molar-refractivity contribution < 1.29 is 4.42 Å². The molecule has 0 amide bonds. The number of aryl methyl sites for hydroxylation is 1. The van der Waals surface area contributed by atoms with E-state index in [1.807, 2.05) is 25.1 Å². The zero-order valence-corrected chi connectivity index (χ0v) is 9.15. The summed E-state index contributed by atoms with van der Waals surface area (Å²) in [7, 11) is 0. The van der Waals surface area contributed by atoms with Crippen molar-refractivity contribution in [2.75, 3.05) is 5.32 Å². The minimum Gasteiger partial charge on any atom is -0.465 e. The molecule has 2 aromatic heterocycles. The predicted octanol–water partition coefficient (Wildman–Crippen LogP) is 1.16. The Morgan fingerprint density at radius 2 is 2.41 bits per heavy atom. The highest BCUT2D eigenvalue weighted by Crippen LogP contribution is 2.08. The van der Waals surface area contributed by atoms with Crippen LogP contribution in [-0.4, -0.2) is 9.97 Å². The van der Waals surface area contributed by atoms with Gasteiger partial charge in [0.25, 0.3) is 0 Å². The van der Waals surface area contributed by atoms with E-state index >= 15 is 0 Å². The van der Waals surface area contributed by atoms with Crippen LogP contribution in [0.15, 0.2) is 27.4 Å². The first kappa shape index (κ1) is 11.0. The molecule has 0 aromatic carbocycles. The van der Waals surface area contributed by atoms with Gasteiger partial charge in [0.15, 0.2) is 0 Å². The molecule has 0 aliphatic rings. The first-order valence-corrected chi connectivity index (χ1v) is 4.98. The summed E-state index contributed by atoms with van der Waals surface area (Å²) in [5.41, 5.74) is -0.384. The van der Waals surface area contributed by atoms with Crippen molar-refractivity contribution in [3.05, 3.63) is 45.9 Å². The summed E-state index contributed by atoms with van der Waals surface area (Å²) in [5, 5.41) is 11.6. The molecule has 0 spiro atoms. The van der Waals surface area contributed by atoms with Crippen LogP contribution < -0.4 is 11.0 Å². The summed E-state index contributed by atoms with van der Waals surface area (Å²) in [6.45, 7) is 2.26. The van der Waals surface area contributed by atoms with Crippen molar-refractivity contribution in [1.82, 2.24) is 9.97 Å². The van der Waals surface area contributed by atoms with E-state index in [-0.39, 0.29) is 5.69 Å². The van der Waals surface area contributed by atoms with Crippen LogP contribution in [-0.2, 0) is 6.54 Å². The van der Waals surface area contributed by atoms with Gasteiger partial charge in [0.2, 0.25) is 0 Å². The van der Waals surface area contributed by atoms with E-state index in [4.69, 9.17) is 9.68 Å². The third-order valence-corrected chi connectivity index (χ3v) is 2.10. The molecule has 0 bridgehead atoms. The Kier molecular flexibility index (Phi) is 2.92. The number of anilines is 1. The molecule has 86 valence electrons. The summed E-state index contributed by atoms with van der Waals surface area (Å²) in [4.78, 5) is 17.1. The first-order valence-electron chi connectivity index (χ1n) is 4.98. The maximum atomic E-state index is 11.1. The van der Waals surface area contributed by atoms with Gasteiger partial charge in [-0.25, -0.2) is 4.79 Å². The zero-order chi connectivity index (χ0) is 12.3. The molecule has 6 heteroatoms. The van der Waals surface area contributed by atoms with Gasteiger partial charge in [-0.05, 0) is 19.1 Å². The number of nitrogens with one attached hydrogen (secondary N) is 2. The number of rotatable bonds is 3. The molecule has 0 aliphatic carbocycles. The van der Waals surface area contributed by atoms with E-state index in [1.165, 1.54) is 6.07 Å². The SMILES string of the molecule is Cc1ccc(CNc2cc(C#N)[nH]c(=O)n2)o1. The quantitative estimate of drug-likeness (QED) is 0.824. The van der Waals surface area contributed by atoms with Gasteiger partial charge >= 0.3 is 5.69 Å². The van der Waals surface area contributed by atoms with Crippen LogP contribution in [0.25, 0.3) is 0 Å². The van der Waals surface area contributed by atoms with Gasteiger partial charge in [-0.15, -0.1) is 0 Å². The van der Waals surface area contributed by atoms with Crippen molar-refractivity contribution in [2.24, 2.45) is 0 Å². The second-order valence-corrected chi connectivity index (χ2v) is 3.46. The molecular weight excluding hydrogens is 220 g/mol. The molecule has 2 N–H and O–H groups in total. The summed E-state index contributed by atoms with van der Waals surface area (Å²) < 4.78 is 5.35. The monoisotopic (exact) mass is 230 g/mol. The summed E-state index contributed by atoms with van der Waals surface area (Å²) >= 11 is 0. The number of aromatic nitrogens is 2. The van der Waals surface area contributed by atoms with E-state index in [2.05, 4.69) is 15.3 Å². The minimum atomic E-state index is -0.554. The molecule has 0 aliphatic heterocycles. The molecule has 6 nitrogen and oxygen atoms in total. The van der Waals surface area contributed by atoms with Crippen LogP contribution >= 0.6 is 0 Å². The number of furan rings is 1. The Labute approximate surface area is 96.9 Å². The third kappa shape index (κ3) is 2.72. The standard InChI is InChI=1S/C11H10N4O2/c1-7-2-3-9(17-7)6-13-10-4-8(5-12)14-11(16)15-10/h2-4H,6H2,1H3,(H2,13,14,15,16). The van der Waals surface area contributed by atoms with Gasteiger partial charge in [0.05, 0.1) is 6.54 Å². The average molecular weight is 230 g/mol. The highest BCUT2D eigenvalue weighted by Gasteiger charge is 2.02. The molecule has 0 atom stereocenters. The molecule has 0 saturated carbocycles. The van der Waals surface area contributed by atoms with Crippen LogP contribution in [0.2, 0.25) is 0 Å². The topological polar surface area (TPSA) is 94.7 Å². The van der Waals surface area contributed by atoms with Crippen molar-refractivity contribution in [2.45, 2.75) is 13.5 Å². The number of nitriles is 1. The Morgan fingerprint density at radius 3 is 3.06 bits per heavy atom. The lowest BCUT2D eigenvalue weighted by Gasteiger charge is -2.02. The lowest BCUT2D eigenvalue weighted by molar-refractivity contribution is 0.490. The Morgan fingerprint density at radius 1 is 1.59 bits per heavy atom. The molecule has 0 unspecified atom stereocenters. The van der Waals surface area contributed by atoms with Crippen molar-refractivity contribution in [3.8, 4) is 6.07 Å². The lowest BCUT2D eigenvalue weighted by Crippen LogP contribution is -2.14. The van der Waals surface area contributed by atoms with E-state index in [9.17, 15) is 4.79 Å². The molecule has 2 rings (SSSR count). The van der Waals surface area contributed by atoms with E-state index in [0.29, 0.717) is 12.4 Å². The summed E-state index contributed by atoms with van der Waals surface area (Å²) in [6, 6.07) is 7.01. The number of H-pyrrole nitrogens is 1. The first-order chi connectivity index (χ1) is 8.17. The maximum Gasteiger partial charge on any atom is 0.347 e. The lowest BCUT2D eigenvalue weighted by atomic mass is 10.4. The van der Waals surface area contributed by atoms with E-state index < -0.39 is 5.69 Å². The summed E-state index contributed by atoms with van der Waals surface area (Å²) in [5.74, 6) is 1.90. The molecular formula is C11H10N4O2. The second-order valence-electron chi connectivity index (χ2n) is 3.46. The van der Waals surface area contributed by atoms with Crippen molar-refractivity contribution >= 4 is 5.82 Å². The van der Waals surface area contributed by atoms with Crippen LogP contribution in [0, 0.1) is 18.3 Å². The number of hydrogen-bond acceptors (Lipinski definition) is 5. The molecule has 17 heavy (non-hydrogen) atoms. The largest absolute Gasteiger partial charge is 0.465 e. The number of aromatic amines is 1. The minimum absolute atomic E-state index is 0.170. The molecule has 2 aromatic rings. The number of hydrogen-bond donors (Lipinski definition) is 2. The van der Waals surface area contributed by atoms with Crippen LogP contribution in [0.1, 0.15) is 17.2 Å². The van der Waals surface area contributed by atoms with Gasteiger partial charge in [-0.2, -0.15) is 10.2 Å². The van der Waals surface area contributed by atoms with Gasteiger partial charge in [-0.3, -0.25) is 4.98 Å². The second kappa shape index (κ2) is 4.53. The van der Waals surface area contributed by atoms with E-state index in [1.54, 1.807) is 0 Å². The van der Waals surface area contributed by atoms with Crippen LogP contribution in [0.3, 0.4) is 0 Å². The Balaban J connectivity index is 2.12. The fraction of sp³-hybridized carbons (Fsp3) is 0.182. The zero-order valence-electron chi connectivity index (χ0n) is 9.15. The van der Waals surface area contributed by atoms with Gasteiger partial charge in [-0.1, -0.05) is 0 Å². The summed E-state index contributed by atoms with van der Waals surface area (Å²) in [6.07, 6.45) is 0. The normalized spacial score (nSPS) is 9.88. The number of nitrogens with zero attached hydrogens (tertiary/aromatic N) is 2. The third-order valence-electron chi connectivity index (χ3n) is 2.10. The smallest absolute Gasteiger partial charge is 0.347 e. The van der Waals surface area contributed by atoms with Crippen molar-refractivity contribution in [3.63, 3.8) is 0 Å². The highest BCUT2D eigenvalue weighted by atomic mass is 16.3. The average Bonchev–Trinajstić information content (AvgIpc) is 2.72. The Hall–Kier alpha value is -2.55. The predicted molar refractivity (Wildman–Crippen MR) is 60.3 cm³/mol. The molecule has 0 saturated heterocycles. The van der Waals surface area contributed by atoms with E-state index in [0.717, 1.165) is 11.5 Å². The van der Waals surface area contributed by atoms with Gasteiger partial charge in [0.1, 0.15) is 29.1 Å². The molecule has 0 fully saturated rings. The van der Waals surface area contributed by atoms with Crippen LogP contribution in [0.5, 0.6) is 0 Å². The Bertz CT molecular complexity index is 621. The molecule has 0 radical (unpaired) electrons. The van der Waals surface area contributed by atoms with Gasteiger partial charge < -0.3 is 9.73 Å². The highest BCUT2D eigenvalue weighted by molar-refractivity contribution is 5.38. The fourth-order valence-electron chi connectivity index (χ4n) is 1.37. The fourth-order valence-corrected chi connectivity index (χ4v) is 1.37. The van der Waals surface area contributed by atoms with Crippen molar-refractivity contribution in [1.29, 1.82) is 5.26 Å². The van der Waals surface area contributed by atoms with Crippen LogP contribution in [0.4, 0.5) is 5.82 Å².